The lowest BCUT2D eigenvalue weighted by molar-refractivity contribution is 0.0951. The fourth-order valence-electron chi connectivity index (χ4n) is 2.11. The second-order valence-corrected chi connectivity index (χ2v) is 5.43. The third-order valence-electron chi connectivity index (χ3n) is 3.37. The van der Waals surface area contributed by atoms with Gasteiger partial charge in [0, 0.05) is 17.1 Å². The van der Waals surface area contributed by atoms with E-state index < -0.39 is 0 Å². The lowest BCUT2D eigenvalue weighted by Crippen LogP contribution is -2.22. The lowest BCUT2D eigenvalue weighted by Gasteiger charge is -2.07. The summed E-state index contributed by atoms with van der Waals surface area (Å²) in [5, 5.41) is 14.9. The average Bonchev–Trinajstić information content (AvgIpc) is 3.00. The van der Waals surface area contributed by atoms with E-state index in [0.29, 0.717) is 23.0 Å². The summed E-state index contributed by atoms with van der Waals surface area (Å²) in [7, 11) is 0. The van der Waals surface area contributed by atoms with Gasteiger partial charge in [-0.25, -0.2) is 0 Å². The number of carbonyl (C=O) groups excluding carboxylic acids is 1. The summed E-state index contributed by atoms with van der Waals surface area (Å²) in [6.07, 6.45) is 0. The molecule has 0 spiro atoms. The monoisotopic (exact) mass is 327 g/mol. The van der Waals surface area contributed by atoms with Crippen LogP contribution in [-0.4, -0.2) is 26.1 Å². The summed E-state index contributed by atoms with van der Waals surface area (Å²) in [5.74, 6) is 0.546. The highest BCUT2D eigenvalue weighted by Crippen LogP contribution is 2.11. The maximum Gasteiger partial charge on any atom is 0.251 e. The number of carbonyl (C=O) groups is 1. The second kappa shape index (κ2) is 6.58. The molecule has 0 saturated carbocycles. The van der Waals surface area contributed by atoms with Crippen molar-refractivity contribution in [3.8, 4) is 5.69 Å². The van der Waals surface area contributed by atoms with E-state index in [0.717, 1.165) is 11.3 Å². The Morgan fingerprint density at radius 2 is 1.83 bits per heavy atom. The van der Waals surface area contributed by atoms with Crippen molar-refractivity contribution in [3.05, 3.63) is 70.5 Å². The first-order valence-corrected chi connectivity index (χ1v) is 7.39. The fourth-order valence-corrected chi connectivity index (χ4v) is 2.24. The molecule has 6 nitrogen and oxygen atoms in total. The zero-order valence-electron chi connectivity index (χ0n) is 12.4. The summed E-state index contributed by atoms with van der Waals surface area (Å²) in [4.78, 5) is 12.2. The van der Waals surface area contributed by atoms with Gasteiger partial charge >= 0.3 is 0 Å². The minimum absolute atomic E-state index is 0.139. The number of aryl methyl sites for hydroxylation is 1. The van der Waals surface area contributed by atoms with Crippen LogP contribution in [0.5, 0.6) is 0 Å². The van der Waals surface area contributed by atoms with E-state index in [1.165, 1.54) is 0 Å². The molecule has 0 saturated heterocycles. The molecule has 7 heteroatoms. The van der Waals surface area contributed by atoms with Gasteiger partial charge in [-0.15, -0.1) is 5.10 Å². The molecule has 1 N–H and O–H groups in total. The van der Waals surface area contributed by atoms with Crippen molar-refractivity contribution < 1.29 is 4.79 Å². The summed E-state index contributed by atoms with van der Waals surface area (Å²) >= 11 is 5.84. The summed E-state index contributed by atoms with van der Waals surface area (Å²) in [5.41, 5.74) is 2.37. The molecule has 1 aromatic heterocycles. The Morgan fingerprint density at radius 1 is 1.13 bits per heavy atom. The molecule has 0 aliphatic heterocycles. The van der Waals surface area contributed by atoms with E-state index in [4.69, 9.17) is 11.6 Å². The molecule has 1 amide bonds. The molecule has 0 unspecified atom stereocenters. The molecule has 0 radical (unpaired) electrons. The van der Waals surface area contributed by atoms with Gasteiger partial charge < -0.3 is 5.32 Å². The van der Waals surface area contributed by atoms with Crippen LogP contribution < -0.4 is 5.32 Å². The van der Waals surface area contributed by atoms with Crippen LogP contribution in [0.15, 0.2) is 48.5 Å². The van der Waals surface area contributed by atoms with Crippen LogP contribution in [0.4, 0.5) is 0 Å². The predicted molar refractivity (Wildman–Crippen MR) is 86.5 cm³/mol. The van der Waals surface area contributed by atoms with Gasteiger partial charge in [0.05, 0.1) is 5.69 Å². The van der Waals surface area contributed by atoms with E-state index in [-0.39, 0.29) is 5.91 Å². The van der Waals surface area contributed by atoms with Gasteiger partial charge in [0.1, 0.15) is 0 Å². The lowest BCUT2D eigenvalue weighted by atomic mass is 10.1. The second-order valence-electron chi connectivity index (χ2n) is 4.99. The van der Waals surface area contributed by atoms with Crippen molar-refractivity contribution in [2.45, 2.75) is 13.5 Å². The number of nitrogens with one attached hydrogen (secondary N) is 1. The Bertz CT molecular complexity index is 811. The number of rotatable bonds is 4. The van der Waals surface area contributed by atoms with Crippen LogP contribution in [0.3, 0.4) is 0 Å². The molecule has 0 aliphatic rings. The van der Waals surface area contributed by atoms with Crippen molar-refractivity contribution in [1.82, 2.24) is 25.5 Å². The Morgan fingerprint density at radius 3 is 2.43 bits per heavy atom. The highest BCUT2D eigenvalue weighted by atomic mass is 35.5. The highest BCUT2D eigenvalue weighted by Gasteiger charge is 2.07. The predicted octanol–water partition coefficient (Wildman–Crippen LogP) is 2.55. The quantitative estimate of drug-likeness (QED) is 0.799. The van der Waals surface area contributed by atoms with Gasteiger partial charge in [-0.1, -0.05) is 23.7 Å². The van der Waals surface area contributed by atoms with Crippen LogP contribution in [0.2, 0.25) is 5.02 Å². The molecule has 2 aromatic carbocycles. The Balaban J connectivity index is 1.66. The van der Waals surface area contributed by atoms with Crippen LogP contribution >= 0.6 is 11.6 Å². The molecular weight excluding hydrogens is 314 g/mol. The van der Waals surface area contributed by atoms with Crippen molar-refractivity contribution in [2.75, 3.05) is 0 Å². The third kappa shape index (κ3) is 3.54. The van der Waals surface area contributed by atoms with E-state index >= 15 is 0 Å². The zero-order valence-corrected chi connectivity index (χ0v) is 13.2. The Kier molecular flexibility index (Phi) is 4.34. The summed E-state index contributed by atoms with van der Waals surface area (Å²) in [6.45, 7) is 2.26. The number of nitrogens with zero attached hydrogens (tertiary/aromatic N) is 4. The van der Waals surface area contributed by atoms with Crippen molar-refractivity contribution in [1.29, 1.82) is 0 Å². The van der Waals surface area contributed by atoms with Gasteiger partial charge in [-0.05, 0) is 59.3 Å². The Labute approximate surface area is 138 Å². The van der Waals surface area contributed by atoms with Crippen LogP contribution in [0.1, 0.15) is 21.7 Å². The molecule has 3 rings (SSSR count). The molecule has 0 atom stereocenters. The number of aromatic nitrogens is 4. The number of amides is 1. The highest BCUT2D eigenvalue weighted by molar-refractivity contribution is 6.30. The standard InChI is InChI=1S/C16H14ClN5O/c1-11-19-20-21-22(11)15-8-4-13(5-9-15)16(23)18-10-12-2-6-14(17)7-3-12/h2-9H,10H2,1H3,(H,18,23). The van der Waals surface area contributed by atoms with Gasteiger partial charge in [0.15, 0.2) is 5.82 Å². The number of halogens is 1. The molecule has 3 aromatic rings. The first-order chi connectivity index (χ1) is 11.1. The van der Waals surface area contributed by atoms with Crippen LogP contribution in [-0.2, 0) is 6.54 Å². The Hall–Kier alpha value is -2.73. The van der Waals surface area contributed by atoms with E-state index in [1.807, 2.05) is 19.1 Å². The van der Waals surface area contributed by atoms with E-state index in [9.17, 15) is 4.79 Å². The first kappa shape index (κ1) is 15.2. The number of hydrogen-bond acceptors (Lipinski definition) is 4. The van der Waals surface area contributed by atoms with Crippen LogP contribution in [0.25, 0.3) is 5.69 Å². The first-order valence-electron chi connectivity index (χ1n) is 7.01. The topological polar surface area (TPSA) is 72.7 Å². The van der Waals surface area contributed by atoms with E-state index in [2.05, 4.69) is 20.8 Å². The minimum Gasteiger partial charge on any atom is -0.348 e. The van der Waals surface area contributed by atoms with Crippen molar-refractivity contribution >= 4 is 17.5 Å². The number of benzene rings is 2. The number of hydrogen-bond donors (Lipinski definition) is 1. The molecule has 23 heavy (non-hydrogen) atoms. The van der Waals surface area contributed by atoms with Crippen molar-refractivity contribution in [2.24, 2.45) is 0 Å². The molecule has 0 fully saturated rings. The maximum atomic E-state index is 12.2. The summed E-state index contributed by atoms with van der Waals surface area (Å²) in [6, 6.07) is 14.5. The number of tetrazole rings is 1. The molecule has 0 aliphatic carbocycles. The largest absolute Gasteiger partial charge is 0.348 e. The van der Waals surface area contributed by atoms with Crippen molar-refractivity contribution in [3.63, 3.8) is 0 Å². The molecule has 116 valence electrons. The zero-order chi connectivity index (χ0) is 16.2. The van der Waals surface area contributed by atoms with Gasteiger partial charge in [0.25, 0.3) is 5.91 Å². The van der Waals surface area contributed by atoms with Gasteiger partial charge in [-0.2, -0.15) is 4.68 Å². The third-order valence-corrected chi connectivity index (χ3v) is 3.62. The van der Waals surface area contributed by atoms with Crippen LogP contribution in [0, 0.1) is 6.92 Å². The average molecular weight is 328 g/mol. The maximum absolute atomic E-state index is 12.2. The SMILES string of the molecule is Cc1nnnn1-c1ccc(C(=O)NCc2ccc(Cl)cc2)cc1. The van der Waals surface area contributed by atoms with E-state index in [1.54, 1.807) is 41.1 Å². The summed E-state index contributed by atoms with van der Waals surface area (Å²) < 4.78 is 1.61. The van der Waals surface area contributed by atoms with Gasteiger partial charge in [0.2, 0.25) is 0 Å². The fraction of sp³-hybridized carbons (Fsp3) is 0.125. The smallest absolute Gasteiger partial charge is 0.251 e. The minimum atomic E-state index is -0.139. The normalized spacial score (nSPS) is 10.5. The molecular formula is C16H14ClN5O. The van der Waals surface area contributed by atoms with Gasteiger partial charge in [-0.3, -0.25) is 4.79 Å². The molecule has 0 bridgehead atoms. The molecule has 1 heterocycles.